The van der Waals surface area contributed by atoms with Crippen molar-refractivity contribution in [3.63, 3.8) is 0 Å². The minimum Gasteiger partial charge on any atom is -0.348 e. The highest BCUT2D eigenvalue weighted by Gasteiger charge is 2.28. The normalized spacial score (nSPS) is 16.1. The van der Waals surface area contributed by atoms with E-state index in [4.69, 9.17) is 0 Å². The summed E-state index contributed by atoms with van der Waals surface area (Å²) < 4.78 is 40.4. The molecule has 1 amide bonds. The van der Waals surface area contributed by atoms with Gasteiger partial charge in [-0.15, -0.1) is 0 Å². The molecule has 1 N–H and O–H groups in total. The molecule has 5 nitrogen and oxygen atoms in total. The van der Waals surface area contributed by atoms with E-state index in [0.717, 1.165) is 18.4 Å². The molecule has 0 atom stereocenters. The van der Waals surface area contributed by atoms with Crippen LogP contribution in [0.4, 0.5) is 4.39 Å². The number of aryl methyl sites for hydroxylation is 1. The number of piperidine rings is 1. The van der Waals surface area contributed by atoms with Gasteiger partial charge in [-0.05, 0) is 61.1 Å². The Morgan fingerprint density at radius 2 is 1.79 bits per heavy atom. The fraction of sp³-hybridized carbons (Fsp3) is 0.381. The van der Waals surface area contributed by atoms with Crippen molar-refractivity contribution in [1.29, 1.82) is 0 Å². The van der Waals surface area contributed by atoms with E-state index >= 15 is 0 Å². The molecule has 1 aliphatic rings. The van der Waals surface area contributed by atoms with E-state index in [9.17, 15) is 17.6 Å². The van der Waals surface area contributed by atoms with Gasteiger partial charge in [0.05, 0.1) is 4.90 Å². The van der Waals surface area contributed by atoms with E-state index < -0.39 is 10.0 Å². The van der Waals surface area contributed by atoms with Crippen LogP contribution in [0.5, 0.6) is 0 Å². The van der Waals surface area contributed by atoms with Gasteiger partial charge >= 0.3 is 0 Å². The van der Waals surface area contributed by atoms with Gasteiger partial charge in [0.15, 0.2) is 0 Å². The van der Waals surface area contributed by atoms with E-state index in [2.05, 4.69) is 12.2 Å². The molecule has 150 valence electrons. The Balaban J connectivity index is 1.76. The number of benzene rings is 2. The summed E-state index contributed by atoms with van der Waals surface area (Å²) in [4.78, 5) is 12.7. The predicted octanol–water partition coefficient (Wildman–Crippen LogP) is 3.48. The number of amides is 1. The van der Waals surface area contributed by atoms with Crippen molar-refractivity contribution in [3.8, 4) is 0 Å². The SMILES string of the molecule is Cc1ccc(S(=O)(=O)N2CCC(C)CC2)cc1C(=O)NCc1ccc(F)cc1. The van der Waals surface area contributed by atoms with Crippen molar-refractivity contribution < 1.29 is 17.6 Å². The number of hydrogen-bond acceptors (Lipinski definition) is 3. The van der Waals surface area contributed by atoms with Gasteiger partial charge < -0.3 is 5.32 Å². The highest BCUT2D eigenvalue weighted by atomic mass is 32.2. The maximum absolute atomic E-state index is 13.0. The molecule has 0 radical (unpaired) electrons. The third-order valence-electron chi connectivity index (χ3n) is 5.20. The van der Waals surface area contributed by atoms with Crippen molar-refractivity contribution in [2.45, 2.75) is 38.1 Å². The van der Waals surface area contributed by atoms with E-state index in [0.29, 0.717) is 30.1 Å². The monoisotopic (exact) mass is 404 g/mol. The topological polar surface area (TPSA) is 66.5 Å². The Morgan fingerprint density at radius 1 is 1.14 bits per heavy atom. The van der Waals surface area contributed by atoms with Crippen LogP contribution < -0.4 is 5.32 Å². The molecule has 7 heteroatoms. The second kappa shape index (κ2) is 8.41. The molecular formula is C21H25FN2O3S. The molecule has 1 aliphatic heterocycles. The Labute approximate surface area is 165 Å². The first-order valence-electron chi connectivity index (χ1n) is 9.41. The van der Waals surface area contributed by atoms with Crippen LogP contribution >= 0.6 is 0 Å². The Morgan fingerprint density at radius 3 is 2.43 bits per heavy atom. The van der Waals surface area contributed by atoms with Crippen LogP contribution in [0.1, 0.15) is 41.3 Å². The molecule has 0 spiro atoms. The Kier molecular flexibility index (Phi) is 6.15. The number of nitrogens with zero attached hydrogens (tertiary/aromatic N) is 1. The van der Waals surface area contributed by atoms with Crippen molar-refractivity contribution in [3.05, 3.63) is 65.0 Å². The second-order valence-electron chi connectivity index (χ2n) is 7.37. The second-order valence-corrected chi connectivity index (χ2v) is 9.31. The minimum atomic E-state index is -3.62. The molecule has 0 saturated carbocycles. The number of carbonyl (C=O) groups is 1. The quantitative estimate of drug-likeness (QED) is 0.830. The average Bonchev–Trinajstić information content (AvgIpc) is 2.68. The highest BCUT2D eigenvalue weighted by molar-refractivity contribution is 7.89. The molecule has 2 aromatic rings. The van der Waals surface area contributed by atoms with E-state index in [1.807, 2.05) is 0 Å². The lowest BCUT2D eigenvalue weighted by Gasteiger charge is -2.29. The van der Waals surface area contributed by atoms with E-state index in [1.165, 1.54) is 22.5 Å². The molecule has 0 bridgehead atoms. The van der Waals surface area contributed by atoms with Crippen molar-refractivity contribution in [2.24, 2.45) is 5.92 Å². The summed E-state index contributed by atoms with van der Waals surface area (Å²) in [7, 11) is -3.62. The zero-order valence-electron chi connectivity index (χ0n) is 16.1. The van der Waals surface area contributed by atoms with E-state index in [-0.39, 0.29) is 23.2 Å². The van der Waals surface area contributed by atoms with Crippen LogP contribution in [0.2, 0.25) is 0 Å². The van der Waals surface area contributed by atoms with Crippen LogP contribution in [0.15, 0.2) is 47.4 Å². The third-order valence-corrected chi connectivity index (χ3v) is 7.10. The minimum absolute atomic E-state index is 0.139. The standard InChI is InChI=1S/C21H25FN2O3S/c1-15-9-11-24(12-10-15)28(26,27)19-8-3-16(2)20(13-19)21(25)23-14-17-4-6-18(22)7-5-17/h3-8,13,15H,9-12,14H2,1-2H3,(H,23,25). The lowest BCUT2D eigenvalue weighted by molar-refractivity contribution is 0.0950. The Bertz CT molecular complexity index is 950. The fourth-order valence-corrected chi connectivity index (χ4v) is 4.76. The lowest BCUT2D eigenvalue weighted by atomic mass is 10.0. The first kappa shape index (κ1) is 20.5. The number of rotatable bonds is 5. The zero-order chi connectivity index (χ0) is 20.3. The smallest absolute Gasteiger partial charge is 0.251 e. The van der Waals surface area contributed by atoms with Gasteiger partial charge in [-0.1, -0.05) is 25.1 Å². The molecule has 0 unspecified atom stereocenters. The van der Waals surface area contributed by atoms with Crippen LogP contribution in [0, 0.1) is 18.7 Å². The lowest BCUT2D eigenvalue weighted by Crippen LogP contribution is -2.38. The van der Waals surface area contributed by atoms with Crippen molar-refractivity contribution >= 4 is 15.9 Å². The largest absolute Gasteiger partial charge is 0.348 e. The summed E-state index contributed by atoms with van der Waals surface area (Å²) >= 11 is 0. The number of halogens is 1. The first-order chi connectivity index (χ1) is 13.3. The molecule has 1 heterocycles. The number of nitrogens with one attached hydrogen (secondary N) is 1. The Hall–Kier alpha value is -2.25. The summed E-state index contributed by atoms with van der Waals surface area (Å²) in [5, 5.41) is 2.77. The molecule has 1 fully saturated rings. The summed E-state index contributed by atoms with van der Waals surface area (Å²) in [5.41, 5.74) is 1.79. The van der Waals surface area contributed by atoms with Crippen LogP contribution in [-0.4, -0.2) is 31.7 Å². The zero-order valence-corrected chi connectivity index (χ0v) is 16.9. The van der Waals surface area contributed by atoms with E-state index in [1.54, 1.807) is 31.2 Å². The van der Waals surface area contributed by atoms with Gasteiger partial charge in [0.25, 0.3) is 5.91 Å². The maximum Gasteiger partial charge on any atom is 0.251 e. The summed E-state index contributed by atoms with van der Waals surface area (Å²) in [5.74, 6) is -0.167. The summed E-state index contributed by atoms with van der Waals surface area (Å²) in [6.45, 7) is 5.14. The molecule has 1 saturated heterocycles. The van der Waals surface area contributed by atoms with Gasteiger partial charge in [-0.25, -0.2) is 12.8 Å². The fourth-order valence-electron chi connectivity index (χ4n) is 3.26. The maximum atomic E-state index is 13.0. The third kappa shape index (κ3) is 4.59. The number of carbonyl (C=O) groups excluding carboxylic acids is 1. The van der Waals surface area contributed by atoms with Gasteiger partial charge in [0, 0.05) is 25.2 Å². The molecule has 0 aliphatic carbocycles. The highest BCUT2D eigenvalue weighted by Crippen LogP contribution is 2.25. The van der Waals surface area contributed by atoms with Crippen LogP contribution in [0.25, 0.3) is 0 Å². The van der Waals surface area contributed by atoms with Crippen molar-refractivity contribution in [1.82, 2.24) is 9.62 Å². The van der Waals surface area contributed by atoms with Gasteiger partial charge in [-0.2, -0.15) is 4.31 Å². The van der Waals surface area contributed by atoms with Gasteiger partial charge in [0.1, 0.15) is 5.82 Å². The average molecular weight is 405 g/mol. The predicted molar refractivity (Wildman–Crippen MR) is 106 cm³/mol. The summed E-state index contributed by atoms with van der Waals surface area (Å²) in [6, 6.07) is 10.5. The van der Waals surface area contributed by atoms with Gasteiger partial charge in [0.2, 0.25) is 10.0 Å². The molecule has 2 aromatic carbocycles. The van der Waals surface area contributed by atoms with Crippen LogP contribution in [0.3, 0.4) is 0 Å². The molecule has 0 aromatic heterocycles. The molecule has 3 rings (SSSR count). The molecular weight excluding hydrogens is 379 g/mol. The van der Waals surface area contributed by atoms with Gasteiger partial charge in [-0.3, -0.25) is 4.79 Å². The van der Waals surface area contributed by atoms with Crippen molar-refractivity contribution in [2.75, 3.05) is 13.1 Å². The first-order valence-corrected chi connectivity index (χ1v) is 10.8. The summed E-state index contributed by atoms with van der Waals surface area (Å²) in [6.07, 6.45) is 1.69. The molecule has 28 heavy (non-hydrogen) atoms. The number of hydrogen-bond donors (Lipinski definition) is 1. The van der Waals surface area contributed by atoms with Crippen LogP contribution in [-0.2, 0) is 16.6 Å². The number of sulfonamides is 1.